The van der Waals surface area contributed by atoms with E-state index < -0.39 is 0 Å². The Labute approximate surface area is 170 Å². The molecule has 0 saturated carbocycles. The summed E-state index contributed by atoms with van der Waals surface area (Å²) in [5.74, 6) is 1.32. The number of rotatable bonds is 6. The molecule has 0 aliphatic carbocycles. The van der Waals surface area contributed by atoms with Crippen LogP contribution < -0.4 is 0 Å². The zero-order valence-electron chi connectivity index (χ0n) is 16.5. The van der Waals surface area contributed by atoms with E-state index in [1.54, 1.807) is 6.92 Å². The third-order valence-electron chi connectivity index (χ3n) is 5.24. The van der Waals surface area contributed by atoms with E-state index in [1.807, 2.05) is 65.6 Å². The molecule has 1 aromatic heterocycles. The molecule has 1 amide bonds. The Hall–Kier alpha value is -2.99. The molecule has 0 bridgehead atoms. The second-order valence-electron chi connectivity index (χ2n) is 7.37. The molecule has 1 atom stereocenters. The summed E-state index contributed by atoms with van der Waals surface area (Å²) < 4.78 is 11.4. The first-order chi connectivity index (χ1) is 14.2. The SMILES string of the molecule is Cc1noc(C2CCCN(C(=O)COC(c3ccccc3)c3ccccc3)C2)n1. The van der Waals surface area contributed by atoms with Gasteiger partial charge in [-0.15, -0.1) is 0 Å². The van der Waals surface area contributed by atoms with E-state index in [2.05, 4.69) is 10.1 Å². The third-order valence-corrected chi connectivity index (χ3v) is 5.24. The van der Waals surface area contributed by atoms with Crippen LogP contribution in [0.1, 0.15) is 47.7 Å². The van der Waals surface area contributed by atoms with Crippen LogP contribution in [-0.2, 0) is 9.53 Å². The number of carbonyl (C=O) groups excluding carboxylic acids is 1. The second-order valence-corrected chi connectivity index (χ2v) is 7.37. The van der Waals surface area contributed by atoms with Crippen molar-refractivity contribution in [2.75, 3.05) is 19.7 Å². The van der Waals surface area contributed by atoms with Crippen molar-refractivity contribution in [3.05, 3.63) is 83.5 Å². The zero-order valence-corrected chi connectivity index (χ0v) is 16.5. The number of aromatic nitrogens is 2. The molecule has 3 aromatic rings. The molecule has 6 nitrogen and oxygen atoms in total. The van der Waals surface area contributed by atoms with Gasteiger partial charge in [0, 0.05) is 13.1 Å². The van der Waals surface area contributed by atoms with Crippen molar-refractivity contribution in [1.29, 1.82) is 0 Å². The maximum absolute atomic E-state index is 12.9. The lowest BCUT2D eigenvalue weighted by molar-refractivity contribution is -0.138. The van der Waals surface area contributed by atoms with Gasteiger partial charge in [0.25, 0.3) is 0 Å². The first-order valence-corrected chi connectivity index (χ1v) is 10.00. The smallest absolute Gasteiger partial charge is 0.248 e. The first-order valence-electron chi connectivity index (χ1n) is 10.00. The topological polar surface area (TPSA) is 68.5 Å². The van der Waals surface area contributed by atoms with Crippen LogP contribution in [0.3, 0.4) is 0 Å². The number of piperidine rings is 1. The second kappa shape index (κ2) is 9.01. The Balaban J connectivity index is 1.42. The summed E-state index contributed by atoms with van der Waals surface area (Å²) in [5.41, 5.74) is 2.06. The van der Waals surface area contributed by atoms with Crippen molar-refractivity contribution >= 4 is 5.91 Å². The van der Waals surface area contributed by atoms with Crippen molar-refractivity contribution in [3.8, 4) is 0 Å². The van der Waals surface area contributed by atoms with E-state index in [0.29, 0.717) is 18.3 Å². The van der Waals surface area contributed by atoms with Crippen molar-refractivity contribution < 1.29 is 14.1 Å². The average Bonchev–Trinajstić information content (AvgIpc) is 3.22. The average molecular weight is 391 g/mol. The molecule has 0 spiro atoms. The summed E-state index contributed by atoms with van der Waals surface area (Å²) in [5, 5.41) is 3.87. The van der Waals surface area contributed by atoms with Crippen LogP contribution in [-0.4, -0.2) is 40.6 Å². The fourth-order valence-electron chi connectivity index (χ4n) is 3.77. The maximum Gasteiger partial charge on any atom is 0.248 e. The van der Waals surface area contributed by atoms with Gasteiger partial charge in [-0.3, -0.25) is 4.79 Å². The van der Waals surface area contributed by atoms with Crippen molar-refractivity contribution in [2.45, 2.75) is 31.8 Å². The number of nitrogens with zero attached hydrogens (tertiary/aromatic N) is 3. The number of hydrogen-bond donors (Lipinski definition) is 0. The minimum atomic E-state index is -0.277. The standard InChI is InChI=1S/C23H25N3O3/c1-17-24-23(29-25-17)20-13-8-14-26(15-20)21(27)16-28-22(18-9-4-2-5-10-18)19-11-6-3-7-12-19/h2-7,9-12,20,22H,8,13-16H2,1H3. The molecule has 1 aliphatic rings. The third kappa shape index (κ3) is 4.71. The minimum absolute atomic E-state index is 0.0113. The maximum atomic E-state index is 12.9. The van der Waals surface area contributed by atoms with Crippen LogP contribution >= 0.6 is 0 Å². The molecule has 0 radical (unpaired) electrons. The summed E-state index contributed by atoms with van der Waals surface area (Å²) in [6.07, 6.45) is 1.59. The van der Waals surface area contributed by atoms with Crippen molar-refractivity contribution in [1.82, 2.24) is 15.0 Å². The van der Waals surface area contributed by atoms with Gasteiger partial charge in [0.1, 0.15) is 12.7 Å². The Morgan fingerprint density at radius 1 is 1.14 bits per heavy atom. The predicted octanol–water partition coefficient (Wildman–Crippen LogP) is 3.89. The van der Waals surface area contributed by atoms with Crippen LogP contribution in [0, 0.1) is 6.92 Å². The lowest BCUT2D eigenvalue weighted by Gasteiger charge is -2.31. The summed E-state index contributed by atoms with van der Waals surface area (Å²) in [4.78, 5) is 19.1. The summed E-state index contributed by atoms with van der Waals surface area (Å²) >= 11 is 0. The van der Waals surface area contributed by atoms with Gasteiger partial charge < -0.3 is 14.2 Å². The molecule has 29 heavy (non-hydrogen) atoms. The van der Waals surface area contributed by atoms with E-state index in [9.17, 15) is 4.79 Å². The van der Waals surface area contributed by atoms with Crippen LogP contribution in [0.2, 0.25) is 0 Å². The minimum Gasteiger partial charge on any atom is -0.359 e. The highest BCUT2D eigenvalue weighted by atomic mass is 16.5. The van der Waals surface area contributed by atoms with Crippen molar-refractivity contribution in [3.63, 3.8) is 0 Å². The number of amides is 1. The van der Waals surface area contributed by atoms with Crippen molar-refractivity contribution in [2.24, 2.45) is 0 Å². The summed E-state index contributed by atoms with van der Waals surface area (Å²) in [7, 11) is 0. The first kappa shape index (κ1) is 19.3. The van der Waals surface area contributed by atoms with Gasteiger partial charge in [-0.05, 0) is 30.9 Å². The van der Waals surface area contributed by atoms with Gasteiger partial charge in [0.2, 0.25) is 11.8 Å². The molecule has 1 fully saturated rings. The lowest BCUT2D eigenvalue weighted by atomic mass is 9.98. The molecular weight excluding hydrogens is 366 g/mol. The van der Waals surface area contributed by atoms with E-state index >= 15 is 0 Å². The van der Waals surface area contributed by atoms with Gasteiger partial charge >= 0.3 is 0 Å². The molecule has 6 heteroatoms. The Bertz CT molecular complexity index is 887. The fourth-order valence-corrected chi connectivity index (χ4v) is 3.77. The molecule has 2 heterocycles. The monoisotopic (exact) mass is 391 g/mol. The Morgan fingerprint density at radius 2 is 1.79 bits per heavy atom. The molecule has 1 aliphatic heterocycles. The molecule has 0 N–H and O–H groups in total. The molecule has 4 rings (SSSR count). The molecule has 1 saturated heterocycles. The Kier molecular flexibility index (Phi) is 6.00. The quantitative estimate of drug-likeness (QED) is 0.638. The molecular formula is C23H25N3O3. The number of likely N-dealkylation sites (tertiary alicyclic amines) is 1. The summed E-state index contributed by atoms with van der Waals surface area (Å²) in [6, 6.07) is 20.0. The van der Waals surface area contributed by atoms with Crippen LogP contribution in [0.25, 0.3) is 0 Å². The highest BCUT2D eigenvalue weighted by molar-refractivity contribution is 5.77. The normalized spacial score (nSPS) is 16.9. The van der Waals surface area contributed by atoms with Gasteiger partial charge in [0.15, 0.2) is 5.82 Å². The largest absolute Gasteiger partial charge is 0.359 e. The van der Waals surface area contributed by atoms with Crippen LogP contribution in [0.15, 0.2) is 65.2 Å². The van der Waals surface area contributed by atoms with Gasteiger partial charge in [-0.25, -0.2) is 0 Å². The number of aryl methyl sites for hydroxylation is 1. The van der Waals surface area contributed by atoms with Gasteiger partial charge in [-0.2, -0.15) is 4.98 Å². The highest BCUT2D eigenvalue weighted by Gasteiger charge is 2.29. The zero-order chi connectivity index (χ0) is 20.1. The van der Waals surface area contributed by atoms with E-state index in [-0.39, 0.29) is 24.5 Å². The lowest BCUT2D eigenvalue weighted by Crippen LogP contribution is -2.41. The summed E-state index contributed by atoms with van der Waals surface area (Å²) in [6.45, 7) is 3.16. The predicted molar refractivity (Wildman–Crippen MR) is 108 cm³/mol. The highest BCUT2D eigenvalue weighted by Crippen LogP contribution is 2.28. The van der Waals surface area contributed by atoms with Gasteiger partial charge in [0.05, 0.1) is 5.92 Å². The van der Waals surface area contributed by atoms with Crippen LogP contribution in [0.5, 0.6) is 0 Å². The van der Waals surface area contributed by atoms with Gasteiger partial charge in [-0.1, -0.05) is 65.8 Å². The molecule has 2 aromatic carbocycles. The van der Waals surface area contributed by atoms with E-state index in [0.717, 1.165) is 30.5 Å². The fraction of sp³-hybridized carbons (Fsp3) is 0.348. The van der Waals surface area contributed by atoms with Crippen LogP contribution in [0.4, 0.5) is 0 Å². The molecule has 1 unspecified atom stereocenters. The number of hydrogen-bond acceptors (Lipinski definition) is 5. The molecule has 150 valence electrons. The number of benzene rings is 2. The Morgan fingerprint density at radius 3 is 2.38 bits per heavy atom. The van der Waals surface area contributed by atoms with E-state index in [4.69, 9.17) is 9.26 Å². The number of ether oxygens (including phenoxy) is 1. The van der Waals surface area contributed by atoms with E-state index in [1.165, 1.54) is 0 Å². The number of carbonyl (C=O) groups is 1.